The van der Waals surface area contributed by atoms with Gasteiger partial charge in [-0.2, -0.15) is 8.42 Å². The number of β-lactam (4-membered cyclic amide) rings is 1. The lowest BCUT2D eigenvalue weighted by Crippen LogP contribution is -2.77. The van der Waals surface area contributed by atoms with Gasteiger partial charge in [0.25, 0.3) is 11.8 Å². The maximum absolute atomic E-state index is 12.8. The van der Waals surface area contributed by atoms with Gasteiger partial charge in [-0.25, -0.2) is 9.29 Å². The van der Waals surface area contributed by atoms with Crippen molar-refractivity contribution in [3.63, 3.8) is 0 Å². The second kappa shape index (κ2) is 8.01. The zero-order valence-electron chi connectivity index (χ0n) is 16.0. The topological polar surface area (TPSA) is 164 Å². The fraction of sp³-hybridized carbons (Fsp3) is 0.294. The summed E-state index contributed by atoms with van der Waals surface area (Å²) in [6, 6.07) is 7.91. The van der Waals surface area contributed by atoms with Crippen LogP contribution < -0.4 is 11.1 Å². The number of hydrogen-bond donors (Lipinski definition) is 3. The third-order valence-electron chi connectivity index (χ3n) is 4.39. The first-order chi connectivity index (χ1) is 14.0. The molecule has 0 spiro atoms. The van der Waals surface area contributed by atoms with Gasteiger partial charge >= 0.3 is 10.3 Å². The number of carbonyl (C=O) groups is 2. The van der Waals surface area contributed by atoms with E-state index in [2.05, 4.69) is 15.5 Å². The summed E-state index contributed by atoms with van der Waals surface area (Å²) in [5.74, 6) is -1.78. The van der Waals surface area contributed by atoms with E-state index in [9.17, 15) is 22.6 Å². The summed E-state index contributed by atoms with van der Waals surface area (Å²) in [7, 11) is -4.76. The van der Waals surface area contributed by atoms with E-state index in [4.69, 9.17) is 10.6 Å². The quantitative estimate of drug-likeness (QED) is 0.237. The standard InChI is InChI=1S/C17H19N5O6S2/c1-17(2)13(15(24)22(17)30(25,26)27)20-14(23)12(11-9-29-16(18)19-11)21-28-8-10-6-4-3-5-7-10/h3-7,9,13H,8H2,1-2H3,(H2,18,19)(H,20,23)(H,25,26,27)/b21-12-/t13-/m1/s1. The molecule has 2 heterocycles. The molecule has 0 bridgehead atoms. The fourth-order valence-corrected chi connectivity index (χ4v) is 4.53. The number of oxime groups is 1. The van der Waals surface area contributed by atoms with Crippen molar-refractivity contribution in [2.75, 3.05) is 5.73 Å². The van der Waals surface area contributed by atoms with Crippen molar-refractivity contribution in [3.8, 4) is 0 Å². The molecule has 1 aromatic carbocycles. The van der Waals surface area contributed by atoms with Crippen LogP contribution in [0.25, 0.3) is 0 Å². The molecule has 13 heteroatoms. The van der Waals surface area contributed by atoms with Crippen molar-refractivity contribution < 1.29 is 27.4 Å². The van der Waals surface area contributed by atoms with E-state index in [0.29, 0.717) is 4.31 Å². The van der Waals surface area contributed by atoms with Gasteiger partial charge in [0.2, 0.25) is 0 Å². The lowest BCUT2D eigenvalue weighted by molar-refractivity contribution is -0.151. The number of amides is 2. The summed E-state index contributed by atoms with van der Waals surface area (Å²) >= 11 is 1.09. The molecule has 2 amide bonds. The number of aromatic nitrogens is 1. The predicted molar refractivity (Wildman–Crippen MR) is 109 cm³/mol. The molecule has 0 saturated carbocycles. The number of carbonyl (C=O) groups excluding carboxylic acids is 2. The summed E-state index contributed by atoms with van der Waals surface area (Å²) in [6.07, 6.45) is 0. The number of nitrogen functional groups attached to an aromatic ring is 1. The first-order valence-electron chi connectivity index (χ1n) is 8.59. The molecule has 11 nitrogen and oxygen atoms in total. The van der Waals surface area contributed by atoms with Gasteiger partial charge in [-0.15, -0.1) is 11.3 Å². The summed E-state index contributed by atoms with van der Waals surface area (Å²) < 4.78 is 32.3. The lowest BCUT2D eigenvalue weighted by atomic mass is 9.85. The van der Waals surface area contributed by atoms with Crippen LogP contribution in [0.15, 0.2) is 40.9 Å². The smallest absolute Gasteiger partial charge is 0.362 e. The first-order valence-corrected chi connectivity index (χ1v) is 10.9. The number of nitrogens with two attached hydrogens (primary N) is 1. The molecule has 1 aliphatic heterocycles. The molecule has 1 aliphatic rings. The van der Waals surface area contributed by atoms with Crippen molar-refractivity contribution in [2.45, 2.75) is 32.0 Å². The van der Waals surface area contributed by atoms with Crippen LogP contribution in [-0.4, -0.2) is 51.4 Å². The molecule has 0 aliphatic carbocycles. The molecule has 1 fully saturated rings. The highest BCUT2D eigenvalue weighted by Gasteiger charge is 2.60. The Morgan fingerprint density at radius 2 is 2.07 bits per heavy atom. The van der Waals surface area contributed by atoms with Gasteiger partial charge in [-0.3, -0.25) is 14.1 Å². The number of anilines is 1. The largest absolute Gasteiger partial charge is 0.390 e. The minimum Gasteiger partial charge on any atom is -0.390 e. The molecule has 1 atom stereocenters. The number of hydrogen-bond acceptors (Lipinski definition) is 9. The van der Waals surface area contributed by atoms with Crippen molar-refractivity contribution in [3.05, 3.63) is 47.0 Å². The summed E-state index contributed by atoms with van der Waals surface area (Å²) in [5, 5.41) is 7.98. The Kier molecular flexibility index (Phi) is 5.78. The third kappa shape index (κ3) is 4.27. The van der Waals surface area contributed by atoms with Crippen LogP contribution in [0.2, 0.25) is 0 Å². The average molecular weight is 454 g/mol. The number of rotatable bonds is 7. The van der Waals surface area contributed by atoms with Gasteiger partial charge in [-0.05, 0) is 19.4 Å². The van der Waals surface area contributed by atoms with Crippen LogP contribution in [0, 0.1) is 0 Å². The Morgan fingerprint density at radius 1 is 1.40 bits per heavy atom. The zero-order chi connectivity index (χ0) is 22.1. The molecule has 30 heavy (non-hydrogen) atoms. The van der Waals surface area contributed by atoms with Gasteiger partial charge in [-0.1, -0.05) is 35.5 Å². The van der Waals surface area contributed by atoms with Crippen molar-refractivity contribution in [2.24, 2.45) is 5.16 Å². The zero-order valence-corrected chi connectivity index (χ0v) is 17.6. The van der Waals surface area contributed by atoms with Gasteiger partial charge in [0.15, 0.2) is 10.8 Å². The van der Waals surface area contributed by atoms with E-state index >= 15 is 0 Å². The summed E-state index contributed by atoms with van der Waals surface area (Å²) in [4.78, 5) is 34.3. The van der Waals surface area contributed by atoms with Crippen molar-refractivity contribution in [1.82, 2.24) is 14.6 Å². The highest BCUT2D eigenvalue weighted by Crippen LogP contribution is 2.34. The molecule has 0 radical (unpaired) electrons. The Bertz CT molecular complexity index is 1100. The Hall–Kier alpha value is -3.03. The molecule has 4 N–H and O–H groups in total. The van der Waals surface area contributed by atoms with Crippen molar-refractivity contribution >= 4 is 44.3 Å². The second-order valence-electron chi connectivity index (χ2n) is 6.91. The number of nitrogens with zero attached hydrogens (tertiary/aromatic N) is 3. The van der Waals surface area contributed by atoms with Gasteiger partial charge < -0.3 is 15.9 Å². The molecule has 2 aromatic rings. The van der Waals surface area contributed by atoms with Gasteiger partial charge in [0, 0.05) is 5.38 Å². The van der Waals surface area contributed by atoms with Gasteiger partial charge in [0.05, 0.1) is 5.54 Å². The number of nitrogens with one attached hydrogen (secondary N) is 1. The van der Waals surface area contributed by atoms with E-state index in [1.54, 1.807) is 0 Å². The van der Waals surface area contributed by atoms with Crippen LogP contribution in [0.5, 0.6) is 0 Å². The normalized spacial score (nSPS) is 18.6. The molecule has 1 aromatic heterocycles. The van der Waals surface area contributed by atoms with Crippen LogP contribution in [0.3, 0.4) is 0 Å². The minimum absolute atomic E-state index is 0.0849. The third-order valence-corrected chi connectivity index (χ3v) is 6.18. The second-order valence-corrected chi connectivity index (χ2v) is 9.06. The van der Waals surface area contributed by atoms with E-state index < -0.39 is 33.7 Å². The van der Waals surface area contributed by atoms with E-state index in [-0.39, 0.29) is 23.1 Å². The lowest BCUT2D eigenvalue weighted by Gasteiger charge is -2.50. The van der Waals surface area contributed by atoms with Crippen LogP contribution >= 0.6 is 11.3 Å². The minimum atomic E-state index is -4.76. The van der Waals surface area contributed by atoms with E-state index in [0.717, 1.165) is 16.9 Å². The van der Waals surface area contributed by atoms with Crippen LogP contribution in [0.4, 0.5) is 5.13 Å². The van der Waals surface area contributed by atoms with E-state index in [1.165, 1.54) is 19.2 Å². The number of thiazole rings is 1. The predicted octanol–water partition coefficient (Wildman–Crippen LogP) is 0.555. The molecular formula is C17H19N5O6S2. The highest BCUT2D eigenvalue weighted by atomic mass is 32.2. The molecule has 160 valence electrons. The number of benzene rings is 1. The highest BCUT2D eigenvalue weighted by molar-refractivity contribution is 7.84. The van der Waals surface area contributed by atoms with E-state index in [1.807, 2.05) is 30.3 Å². The van der Waals surface area contributed by atoms with Crippen LogP contribution in [0.1, 0.15) is 25.1 Å². The van der Waals surface area contributed by atoms with Crippen molar-refractivity contribution in [1.29, 1.82) is 0 Å². The van der Waals surface area contributed by atoms with Gasteiger partial charge in [0.1, 0.15) is 18.3 Å². The molecular weight excluding hydrogens is 434 g/mol. The molecule has 1 saturated heterocycles. The Balaban J connectivity index is 1.79. The maximum Gasteiger partial charge on any atom is 0.362 e. The Morgan fingerprint density at radius 3 is 2.60 bits per heavy atom. The average Bonchev–Trinajstić information content (AvgIpc) is 3.08. The summed E-state index contributed by atoms with van der Waals surface area (Å²) in [5.41, 5.74) is 4.98. The van der Waals surface area contributed by atoms with Crippen LogP contribution in [-0.2, 0) is 31.3 Å². The molecule has 0 unspecified atom stereocenters. The maximum atomic E-state index is 12.8. The first kappa shape index (κ1) is 21.7. The monoisotopic (exact) mass is 453 g/mol. The summed E-state index contributed by atoms with van der Waals surface area (Å²) in [6.45, 7) is 2.86. The fourth-order valence-electron chi connectivity index (χ4n) is 2.95. The SMILES string of the molecule is CC1(C)[C@H](NC(=O)/C(=N\OCc2ccccc2)c2csc(N)n2)C(=O)N1S(=O)(=O)O. The molecule has 3 rings (SSSR count). The Labute approximate surface area is 176 Å².